The van der Waals surface area contributed by atoms with Gasteiger partial charge in [-0.3, -0.25) is 9.69 Å². The van der Waals surface area contributed by atoms with Crippen molar-refractivity contribution in [2.75, 3.05) is 16.7 Å². The summed E-state index contributed by atoms with van der Waals surface area (Å²) in [6, 6.07) is 1.01. The average Bonchev–Trinajstić information content (AvgIpc) is 2.50. The van der Waals surface area contributed by atoms with Gasteiger partial charge >= 0.3 is 0 Å². The maximum atomic E-state index is 12.4. The van der Waals surface area contributed by atoms with E-state index in [9.17, 15) is 9.90 Å². The number of amides is 1. The van der Waals surface area contributed by atoms with E-state index in [1.54, 1.807) is 0 Å². The summed E-state index contributed by atoms with van der Waals surface area (Å²) in [5, 5.41) is 7.78. The number of alkyl halides is 1. The van der Waals surface area contributed by atoms with Gasteiger partial charge in [0.25, 0.3) is 0 Å². The predicted octanol–water partition coefficient (Wildman–Crippen LogP) is 2.05. The summed E-state index contributed by atoms with van der Waals surface area (Å²) in [5.41, 5.74) is -1.22. The normalized spacial score (nSPS) is 35.0. The van der Waals surface area contributed by atoms with Crippen LogP contribution in [0.3, 0.4) is 0 Å². The summed E-state index contributed by atoms with van der Waals surface area (Å²) in [6.45, 7) is -5.19. The molecule has 3 rings (SSSR count). The van der Waals surface area contributed by atoms with Crippen molar-refractivity contribution in [2.45, 2.75) is 44.2 Å². The van der Waals surface area contributed by atoms with E-state index in [2.05, 4.69) is 20.9 Å². The Morgan fingerprint density at radius 3 is 3.19 bits per heavy atom. The topological polar surface area (TPSA) is 62.7 Å². The summed E-state index contributed by atoms with van der Waals surface area (Å²) in [6.07, 6.45) is 1.53. The minimum Gasteiger partial charge on any atom is -0.491 e. The first-order valence-corrected chi connectivity index (χ1v) is 7.35. The fourth-order valence-corrected chi connectivity index (χ4v) is 2.86. The van der Waals surface area contributed by atoms with Crippen LogP contribution in [0.15, 0.2) is 12.3 Å². The number of pyridine rings is 1. The van der Waals surface area contributed by atoms with Crippen molar-refractivity contribution < 1.29 is 24.2 Å². The number of carbonyl (C=O) groups excluding carboxylic acids is 1. The van der Waals surface area contributed by atoms with Gasteiger partial charge in [-0.05, 0) is 37.7 Å². The van der Waals surface area contributed by atoms with Crippen LogP contribution in [0.5, 0.6) is 5.75 Å². The fraction of sp³-hybridized carbons (Fsp3) is 0.600. The van der Waals surface area contributed by atoms with E-state index in [4.69, 9.17) is 14.3 Å². The Kier molecular flexibility index (Phi) is 2.25. The number of aromatic nitrogens is 1. The first kappa shape index (κ1) is 8.48. The number of halogens is 1. The number of carbonyl (C=O) groups is 1. The predicted molar refractivity (Wildman–Crippen MR) is 83.0 cm³/mol. The Morgan fingerprint density at radius 1 is 1.67 bits per heavy atom. The molecule has 21 heavy (non-hydrogen) atoms. The van der Waals surface area contributed by atoms with Crippen molar-refractivity contribution in [3.8, 4) is 5.75 Å². The molecular formula is C15H19BrN2O3. The lowest BCUT2D eigenvalue weighted by molar-refractivity contribution is -0.121. The van der Waals surface area contributed by atoms with Gasteiger partial charge in [0.2, 0.25) is 5.91 Å². The second kappa shape index (κ2) is 5.57. The Hall–Kier alpha value is -1.14. The van der Waals surface area contributed by atoms with Crippen molar-refractivity contribution >= 4 is 27.7 Å². The summed E-state index contributed by atoms with van der Waals surface area (Å²) in [7, 11) is 0. The molecule has 1 N–H and O–H groups in total. The Balaban J connectivity index is 1.83. The summed E-state index contributed by atoms with van der Waals surface area (Å²) in [4.78, 5) is 18.0. The quantitative estimate of drug-likeness (QED) is 0.833. The molecule has 1 aromatic rings. The van der Waals surface area contributed by atoms with Crippen LogP contribution in [0, 0.1) is 0 Å². The minimum atomic E-state index is -2.66. The van der Waals surface area contributed by atoms with Crippen LogP contribution in [0.1, 0.15) is 41.3 Å². The molecule has 0 unspecified atom stereocenters. The van der Waals surface area contributed by atoms with Crippen LogP contribution >= 0.6 is 15.9 Å². The molecule has 1 aromatic heterocycles. The van der Waals surface area contributed by atoms with Crippen LogP contribution in [-0.2, 0) is 11.2 Å². The fourth-order valence-electron chi connectivity index (χ4n) is 2.78. The summed E-state index contributed by atoms with van der Waals surface area (Å²) >= 11 is 2.60. The molecule has 0 aromatic carbocycles. The second-order valence-corrected chi connectivity index (χ2v) is 5.71. The van der Waals surface area contributed by atoms with Crippen molar-refractivity contribution in [1.82, 2.24) is 4.98 Å². The Bertz CT molecular complexity index is 791. The first-order chi connectivity index (χ1) is 12.6. The van der Waals surface area contributed by atoms with Crippen molar-refractivity contribution in [3.63, 3.8) is 0 Å². The highest BCUT2D eigenvalue weighted by molar-refractivity contribution is 9.09. The van der Waals surface area contributed by atoms with Gasteiger partial charge in [-0.15, -0.1) is 0 Å². The molecule has 1 fully saturated rings. The highest BCUT2D eigenvalue weighted by Crippen LogP contribution is 2.40. The lowest BCUT2D eigenvalue weighted by Crippen LogP contribution is -2.57. The van der Waals surface area contributed by atoms with E-state index >= 15 is 0 Å². The third-order valence-electron chi connectivity index (χ3n) is 3.74. The molecule has 0 saturated heterocycles. The van der Waals surface area contributed by atoms with Crippen LogP contribution in [0.25, 0.3) is 0 Å². The van der Waals surface area contributed by atoms with Gasteiger partial charge in [0.1, 0.15) is 11.6 Å². The number of hydrogen-bond acceptors (Lipinski definition) is 4. The third kappa shape index (κ3) is 2.92. The molecule has 0 atom stereocenters. The zero-order chi connectivity index (χ0) is 21.1. The molecule has 1 aliphatic heterocycles. The number of anilines is 1. The maximum absolute atomic E-state index is 12.4. The molecule has 0 radical (unpaired) electrons. The second-order valence-electron chi connectivity index (χ2n) is 5.31. The van der Waals surface area contributed by atoms with Gasteiger partial charge < -0.3 is 9.84 Å². The number of nitrogens with zero attached hydrogens (tertiary/aromatic N) is 2. The number of ether oxygens (including phenoxy) is 1. The minimum absolute atomic E-state index is 0.00831. The summed E-state index contributed by atoms with van der Waals surface area (Å²) < 4.78 is 57.6. The molecule has 114 valence electrons. The first-order valence-electron chi connectivity index (χ1n) is 10.1. The molecule has 5 nitrogen and oxygen atoms in total. The lowest BCUT2D eigenvalue weighted by Gasteiger charge is -2.47. The zero-order valence-corrected chi connectivity index (χ0v) is 12.7. The van der Waals surface area contributed by atoms with E-state index in [0.29, 0.717) is 17.8 Å². The number of aryl methyl sites for hydroxylation is 1. The van der Waals surface area contributed by atoms with Gasteiger partial charge in [-0.25, -0.2) is 4.98 Å². The van der Waals surface area contributed by atoms with Gasteiger partial charge in [0, 0.05) is 24.6 Å². The van der Waals surface area contributed by atoms with Gasteiger partial charge in [0.05, 0.1) is 21.1 Å². The Morgan fingerprint density at radius 2 is 2.48 bits per heavy atom. The van der Waals surface area contributed by atoms with Gasteiger partial charge in [0.15, 0.2) is 0 Å². The SMILES string of the molecule is [2H]C([2H])([2H])C1(O)CC(N2C(=O)CCc3cc(OC([2H])([2H])C([2H])([2H])Br)cnc32)C1. The molecule has 1 amide bonds. The maximum Gasteiger partial charge on any atom is 0.228 e. The zero-order valence-electron chi connectivity index (χ0n) is 18.1. The monoisotopic (exact) mass is 361 g/mol. The smallest absolute Gasteiger partial charge is 0.228 e. The number of fused-ring (bicyclic) bond motifs is 1. The molecule has 6 heteroatoms. The average molecular weight is 362 g/mol. The van der Waals surface area contributed by atoms with Gasteiger partial charge in [-0.1, -0.05) is 15.9 Å². The highest BCUT2D eigenvalue weighted by Gasteiger charge is 2.45. The van der Waals surface area contributed by atoms with E-state index in [-0.39, 0.29) is 30.9 Å². The molecule has 2 heterocycles. The molecule has 2 aliphatic rings. The number of hydrogen-bond donors (Lipinski definition) is 1. The molecule has 1 aliphatic carbocycles. The van der Waals surface area contributed by atoms with Crippen LogP contribution < -0.4 is 9.64 Å². The molecule has 1 saturated carbocycles. The van der Waals surface area contributed by atoms with E-state index in [1.807, 2.05) is 0 Å². The van der Waals surface area contributed by atoms with Crippen molar-refractivity contribution in [1.29, 1.82) is 0 Å². The van der Waals surface area contributed by atoms with Gasteiger partial charge in [-0.2, -0.15) is 0 Å². The van der Waals surface area contributed by atoms with E-state index in [0.717, 1.165) is 0 Å². The largest absolute Gasteiger partial charge is 0.491 e. The van der Waals surface area contributed by atoms with Crippen LogP contribution in [0.4, 0.5) is 5.82 Å². The summed E-state index contributed by atoms with van der Waals surface area (Å²) in [5.74, 6) is 0.107. The molecule has 0 spiro atoms. The van der Waals surface area contributed by atoms with Crippen LogP contribution in [0.2, 0.25) is 0 Å². The van der Waals surface area contributed by atoms with Crippen molar-refractivity contribution in [3.05, 3.63) is 17.8 Å². The molecular weight excluding hydrogens is 336 g/mol. The van der Waals surface area contributed by atoms with E-state index < -0.39 is 30.3 Å². The number of rotatable bonds is 4. The Labute approximate surface area is 142 Å². The highest BCUT2D eigenvalue weighted by atomic mass is 79.9. The lowest BCUT2D eigenvalue weighted by atomic mass is 9.75. The van der Waals surface area contributed by atoms with E-state index in [1.165, 1.54) is 17.2 Å². The van der Waals surface area contributed by atoms with Crippen LogP contribution in [-0.4, -0.2) is 39.5 Å². The standard InChI is InChI=1S/C15H19BrN2O3/c1-15(20)7-11(8-15)18-13(19)3-2-10-6-12(21-5-4-16)9-17-14(10)18/h6,9,11,20H,2-5,7-8H2,1H3/i1D3,4D2,5D2. The van der Waals surface area contributed by atoms with Crippen molar-refractivity contribution in [2.24, 2.45) is 0 Å². The number of aliphatic hydroxyl groups is 1. The molecule has 0 bridgehead atoms. The third-order valence-corrected chi connectivity index (χ3v) is 3.90.